The van der Waals surface area contributed by atoms with E-state index in [0.29, 0.717) is 39.2 Å². The van der Waals surface area contributed by atoms with Gasteiger partial charge in [-0.15, -0.1) is 0 Å². The molecule has 0 aliphatic rings. The summed E-state index contributed by atoms with van der Waals surface area (Å²) in [5.41, 5.74) is 8.56. The lowest BCUT2D eigenvalue weighted by Crippen LogP contribution is -2.08. The summed E-state index contributed by atoms with van der Waals surface area (Å²) in [7, 11) is 0. The first kappa shape index (κ1) is 18.6. The molecule has 5 nitrogen and oxygen atoms in total. The molecule has 2 aromatic carbocycles. The second kappa shape index (κ2) is 7.71. The second-order valence-electron chi connectivity index (χ2n) is 6.73. The van der Waals surface area contributed by atoms with E-state index in [1.807, 2.05) is 0 Å². The summed E-state index contributed by atoms with van der Waals surface area (Å²) >= 11 is 0. The Morgan fingerprint density at radius 1 is 1.10 bits per heavy atom. The van der Waals surface area contributed by atoms with Gasteiger partial charge < -0.3 is 16.0 Å². The molecule has 0 saturated carbocycles. The van der Waals surface area contributed by atoms with Gasteiger partial charge in [-0.25, -0.2) is 13.8 Å². The molecule has 4 rings (SSSR count). The van der Waals surface area contributed by atoms with Crippen LogP contribution in [0.1, 0.15) is 21.6 Å². The fraction of sp³-hybridized carbons (Fsp3) is 0.0909. The number of aromatic nitrogens is 2. The van der Waals surface area contributed by atoms with Crippen LogP contribution in [0.4, 0.5) is 20.3 Å². The number of anilines is 2. The molecule has 0 bridgehead atoms. The molecule has 0 spiro atoms. The molecule has 0 aliphatic heterocycles. The molecule has 2 heterocycles. The number of nitrogens with zero attached hydrogens (tertiary/aromatic N) is 1. The van der Waals surface area contributed by atoms with E-state index in [-0.39, 0.29) is 30.4 Å². The fourth-order valence-corrected chi connectivity index (χ4v) is 3.17. The molecule has 0 atom stereocenters. The number of aromatic amines is 1. The first-order valence-electron chi connectivity index (χ1n) is 9.03. The predicted octanol–water partition coefficient (Wildman–Crippen LogP) is 4.46. The van der Waals surface area contributed by atoms with E-state index in [2.05, 4.69) is 15.3 Å². The number of carbonyl (C=O) groups excluding carboxylic acids is 1. The molecular weight excluding hydrogens is 374 g/mol. The average molecular weight is 392 g/mol. The van der Waals surface area contributed by atoms with Crippen LogP contribution in [0.2, 0.25) is 0 Å². The number of rotatable bonds is 6. The summed E-state index contributed by atoms with van der Waals surface area (Å²) in [5, 5.41) is 3.68. The Kier molecular flexibility index (Phi) is 4.95. The second-order valence-corrected chi connectivity index (χ2v) is 6.73. The Balaban J connectivity index is 1.50. The van der Waals surface area contributed by atoms with Crippen LogP contribution < -0.4 is 11.1 Å². The van der Waals surface area contributed by atoms with Gasteiger partial charge in [-0.3, -0.25) is 4.79 Å². The number of hydrogen-bond acceptors (Lipinski definition) is 4. The number of Topliss-reactive ketones (excluding diaryl/α,β-unsaturated/α-hetero) is 1. The molecule has 7 heteroatoms. The summed E-state index contributed by atoms with van der Waals surface area (Å²) in [5.74, 6) is -0.573. The molecular formula is C22H18F2N4O. The maximum absolute atomic E-state index is 14.2. The average Bonchev–Trinajstić information content (AvgIpc) is 3.13. The third kappa shape index (κ3) is 4.08. The van der Waals surface area contributed by atoms with Gasteiger partial charge in [0.15, 0.2) is 5.78 Å². The lowest BCUT2D eigenvalue weighted by Gasteiger charge is -2.10. The van der Waals surface area contributed by atoms with Crippen molar-refractivity contribution in [1.29, 1.82) is 0 Å². The Morgan fingerprint density at radius 3 is 2.79 bits per heavy atom. The van der Waals surface area contributed by atoms with Crippen LogP contribution in [0.5, 0.6) is 0 Å². The third-order valence-corrected chi connectivity index (χ3v) is 4.67. The molecule has 0 radical (unpaired) electrons. The highest BCUT2D eigenvalue weighted by Gasteiger charge is 2.13. The van der Waals surface area contributed by atoms with Gasteiger partial charge in [-0.2, -0.15) is 0 Å². The quantitative estimate of drug-likeness (QED) is 0.423. The summed E-state index contributed by atoms with van der Waals surface area (Å²) in [6.45, 7) is 0.204. The minimum absolute atomic E-state index is 0.0949. The van der Waals surface area contributed by atoms with Gasteiger partial charge in [0, 0.05) is 35.6 Å². The molecule has 0 aliphatic carbocycles. The van der Waals surface area contributed by atoms with Crippen LogP contribution in [-0.2, 0) is 13.0 Å². The van der Waals surface area contributed by atoms with E-state index in [0.717, 1.165) is 0 Å². The standard InChI is InChI=1S/C22H18F2N4O/c23-16-4-6-18-14(10-16)11-20(28-18)21(29)9-13-3-5-17(24)15(8-13)12-27-19-2-1-7-26-22(19)25/h1-8,10-11,27-28H,9,12H2,(H2,25,26). The van der Waals surface area contributed by atoms with Crippen LogP contribution in [-0.4, -0.2) is 15.8 Å². The number of H-pyrrole nitrogens is 1. The number of halogens is 2. The van der Waals surface area contributed by atoms with E-state index in [1.54, 1.807) is 42.6 Å². The SMILES string of the molecule is Nc1ncccc1NCc1cc(CC(=O)c2cc3cc(F)ccc3[nH]2)ccc1F. The molecule has 2 aromatic heterocycles. The molecule has 0 fully saturated rings. The van der Waals surface area contributed by atoms with Gasteiger partial charge >= 0.3 is 0 Å². The zero-order valence-electron chi connectivity index (χ0n) is 15.4. The van der Waals surface area contributed by atoms with Gasteiger partial charge in [-0.05, 0) is 48.0 Å². The number of fused-ring (bicyclic) bond motifs is 1. The van der Waals surface area contributed by atoms with Crippen molar-refractivity contribution >= 4 is 28.2 Å². The van der Waals surface area contributed by atoms with Crippen LogP contribution in [0.15, 0.2) is 60.8 Å². The molecule has 0 unspecified atom stereocenters. The Hall–Kier alpha value is -3.74. The highest BCUT2D eigenvalue weighted by Crippen LogP contribution is 2.20. The largest absolute Gasteiger partial charge is 0.382 e. The van der Waals surface area contributed by atoms with Gasteiger partial charge in [-0.1, -0.05) is 12.1 Å². The molecule has 4 N–H and O–H groups in total. The smallest absolute Gasteiger partial charge is 0.183 e. The third-order valence-electron chi connectivity index (χ3n) is 4.67. The van der Waals surface area contributed by atoms with Crippen molar-refractivity contribution in [2.24, 2.45) is 0 Å². The summed E-state index contributed by atoms with van der Waals surface area (Å²) in [6.07, 6.45) is 1.67. The van der Waals surface area contributed by atoms with Crippen LogP contribution >= 0.6 is 0 Å². The van der Waals surface area contributed by atoms with Crippen LogP contribution in [0.25, 0.3) is 10.9 Å². The number of hydrogen-bond donors (Lipinski definition) is 3. The minimum Gasteiger partial charge on any atom is -0.382 e. The van der Waals surface area contributed by atoms with E-state index in [4.69, 9.17) is 5.73 Å². The van der Waals surface area contributed by atoms with Crippen molar-refractivity contribution in [3.05, 3.63) is 89.2 Å². The van der Waals surface area contributed by atoms with Crippen LogP contribution in [0.3, 0.4) is 0 Å². The van der Waals surface area contributed by atoms with Crippen molar-refractivity contribution in [3.63, 3.8) is 0 Å². The zero-order valence-corrected chi connectivity index (χ0v) is 15.4. The number of nitrogens with one attached hydrogen (secondary N) is 2. The first-order chi connectivity index (χ1) is 14.0. The number of benzene rings is 2. The number of nitrogens with two attached hydrogens (primary N) is 1. The lowest BCUT2D eigenvalue weighted by molar-refractivity contribution is 0.0989. The first-order valence-corrected chi connectivity index (χ1v) is 9.03. The predicted molar refractivity (Wildman–Crippen MR) is 109 cm³/mol. The summed E-state index contributed by atoms with van der Waals surface area (Å²) < 4.78 is 27.5. The Morgan fingerprint density at radius 2 is 1.97 bits per heavy atom. The van der Waals surface area contributed by atoms with E-state index >= 15 is 0 Å². The topological polar surface area (TPSA) is 83.8 Å². The van der Waals surface area contributed by atoms with Gasteiger partial charge in [0.25, 0.3) is 0 Å². The van der Waals surface area contributed by atoms with Crippen molar-refractivity contribution in [2.75, 3.05) is 11.1 Å². The van der Waals surface area contributed by atoms with Gasteiger partial charge in [0.05, 0.1) is 11.4 Å². The number of nitrogen functional groups attached to an aromatic ring is 1. The maximum atomic E-state index is 14.2. The highest BCUT2D eigenvalue weighted by atomic mass is 19.1. The monoisotopic (exact) mass is 392 g/mol. The highest BCUT2D eigenvalue weighted by molar-refractivity contribution is 6.00. The normalized spacial score (nSPS) is 11.0. The molecule has 4 aromatic rings. The van der Waals surface area contributed by atoms with Crippen LogP contribution in [0, 0.1) is 11.6 Å². The van der Waals surface area contributed by atoms with Crippen molar-refractivity contribution < 1.29 is 13.6 Å². The minimum atomic E-state index is -0.378. The van der Waals surface area contributed by atoms with E-state index in [9.17, 15) is 13.6 Å². The zero-order chi connectivity index (χ0) is 20.4. The number of carbonyl (C=O) groups is 1. The number of ketones is 1. The Labute approximate surface area is 165 Å². The summed E-state index contributed by atoms with van der Waals surface area (Å²) in [4.78, 5) is 19.6. The van der Waals surface area contributed by atoms with Gasteiger partial charge in [0.1, 0.15) is 17.5 Å². The molecule has 0 saturated heterocycles. The van der Waals surface area contributed by atoms with E-state index in [1.165, 1.54) is 18.2 Å². The molecule has 146 valence electrons. The Bertz CT molecular complexity index is 1200. The van der Waals surface area contributed by atoms with E-state index < -0.39 is 0 Å². The maximum Gasteiger partial charge on any atom is 0.183 e. The van der Waals surface area contributed by atoms with Crippen molar-refractivity contribution in [1.82, 2.24) is 9.97 Å². The molecule has 0 amide bonds. The fourth-order valence-electron chi connectivity index (χ4n) is 3.17. The number of pyridine rings is 1. The summed E-state index contributed by atoms with van der Waals surface area (Å²) in [6, 6.07) is 14.0. The molecule has 29 heavy (non-hydrogen) atoms. The van der Waals surface area contributed by atoms with Crippen molar-refractivity contribution in [2.45, 2.75) is 13.0 Å². The van der Waals surface area contributed by atoms with Gasteiger partial charge in [0.2, 0.25) is 0 Å². The lowest BCUT2D eigenvalue weighted by atomic mass is 10.0. The van der Waals surface area contributed by atoms with Crippen molar-refractivity contribution in [3.8, 4) is 0 Å².